The fourth-order valence-corrected chi connectivity index (χ4v) is 1.70. The van der Waals surface area contributed by atoms with Crippen LogP contribution in [-0.4, -0.2) is 31.1 Å². The lowest BCUT2D eigenvalue weighted by molar-refractivity contribution is 0.174. The zero-order valence-corrected chi connectivity index (χ0v) is 10.3. The van der Waals surface area contributed by atoms with Gasteiger partial charge in [-0.15, -0.1) is 0 Å². The first-order chi connectivity index (χ1) is 8.33. The number of hydrogen-bond acceptors (Lipinski definition) is 4. The summed E-state index contributed by atoms with van der Waals surface area (Å²) in [6.45, 7) is 6.48. The molecule has 0 amide bonds. The van der Waals surface area contributed by atoms with Gasteiger partial charge in [-0.25, -0.2) is 0 Å². The van der Waals surface area contributed by atoms with Crippen LogP contribution in [0.5, 0.6) is 11.5 Å². The van der Waals surface area contributed by atoms with Crippen LogP contribution >= 0.6 is 0 Å². The topological polar surface area (TPSA) is 34.1 Å². The van der Waals surface area contributed by atoms with E-state index in [0.717, 1.165) is 36.6 Å². The van der Waals surface area contributed by atoms with Gasteiger partial charge in [0.15, 0.2) is 11.5 Å². The molecule has 1 aliphatic rings. The number of hydrazone groups is 1. The highest BCUT2D eigenvalue weighted by Crippen LogP contribution is 2.31. The third-order valence-electron chi connectivity index (χ3n) is 2.61. The van der Waals surface area contributed by atoms with Crippen molar-refractivity contribution in [2.75, 3.05) is 19.9 Å². The van der Waals surface area contributed by atoms with Crippen molar-refractivity contribution < 1.29 is 9.47 Å². The predicted molar refractivity (Wildman–Crippen MR) is 67.7 cm³/mol. The fraction of sp³-hybridized carbons (Fsp3) is 0.462. The highest BCUT2D eigenvalue weighted by atomic mass is 16.7. The highest BCUT2D eigenvalue weighted by molar-refractivity contribution is 5.80. The van der Waals surface area contributed by atoms with Crippen molar-refractivity contribution in [2.24, 2.45) is 5.10 Å². The van der Waals surface area contributed by atoms with E-state index in [-0.39, 0.29) is 0 Å². The molecule has 0 atom stereocenters. The largest absolute Gasteiger partial charge is 0.454 e. The van der Waals surface area contributed by atoms with Gasteiger partial charge in [-0.2, -0.15) is 5.10 Å². The van der Waals surface area contributed by atoms with Crippen molar-refractivity contribution in [1.29, 1.82) is 0 Å². The molecule has 4 heteroatoms. The van der Waals surface area contributed by atoms with Gasteiger partial charge in [0.1, 0.15) is 0 Å². The molecule has 1 aromatic carbocycles. The van der Waals surface area contributed by atoms with Gasteiger partial charge in [-0.1, -0.05) is 6.92 Å². The summed E-state index contributed by atoms with van der Waals surface area (Å²) < 4.78 is 10.6. The summed E-state index contributed by atoms with van der Waals surface area (Å²) in [7, 11) is 0. The Balaban J connectivity index is 2.05. The molecule has 0 spiro atoms. The van der Waals surface area contributed by atoms with Crippen molar-refractivity contribution in [1.82, 2.24) is 5.01 Å². The van der Waals surface area contributed by atoms with Crippen LogP contribution in [0.2, 0.25) is 0 Å². The second kappa shape index (κ2) is 5.57. The maximum atomic E-state index is 5.32. The summed E-state index contributed by atoms with van der Waals surface area (Å²) in [4.78, 5) is 0. The van der Waals surface area contributed by atoms with Crippen LogP contribution in [0, 0.1) is 0 Å². The first kappa shape index (κ1) is 11.8. The third kappa shape index (κ3) is 2.90. The Morgan fingerprint density at radius 2 is 2.12 bits per heavy atom. The molecule has 0 N–H and O–H groups in total. The highest BCUT2D eigenvalue weighted by Gasteiger charge is 2.12. The van der Waals surface area contributed by atoms with Gasteiger partial charge in [0, 0.05) is 13.1 Å². The molecule has 0 unspecified atom stereocenters. The molecule has 1 aromatic rings. The number of fused-ring (bicyclic) bond motifs is 1. The Labute approximate surface area is 102 Å². The quantitative estimate of drug-likeness (QED) is 0.580. The summed E-state index contributed by atoms with van der Waals surface area (Å²) in [5.74, 6) is 1.61. The zero-order valence-electron chi connectivity index (χ0n) is 10.3. The van der Waals surface area contributed by atoms with Crippen molar-refractivity contribution >= 4 is 6.21 Å². The molecular formula is C13H18N2O2. The van der Waals surface area contributed by atoms with E-state index in [1.807, 2.05) is 29.4 Å². The van der Waals surface area contributed by atoms with Crippen molar-refractivity contribution in [3.8, 4) is 11.5 Å². The van der Waals surface area contributed by atoms with E-state index < -0.39 is 0 Å². The first-order valence-electron chi connectivity index (χ1n) is 6.02. The molecule has 1 aliphatic heterocycles. The monoisotopic (exact) mass is 234 g/mol. The lowest BCUT2D eigenvalue weighted by Gasteiger charge is -2.14. The Kier molecular flexibility index (Phi) is 3.85. The molecule has 0 aliphatic carbocycles. The van der Waals surface area contributed by atoms with Crippen LogP contribution in [0.15, 0.2) is 23.3 Å². The van der Waals surface area contributed by atoms with Gasteiger partial charge < -0.3 is 9.47 Å². The molecule has 0 saturated carbocycles. The predicted octanol–water partition coefficient (Wildman–Crippen LogP) is 2.48. The average Bonchev–Trinajstić information content (AvgIpc) is 2.81. The summed E-state index contributed by atoms with van der Waals surface area (Å²) in [6, 6.07) is 5.85. The smallest absolute Gasteiger partial charge is 0.231 e. The Morgan fingerprint density at radius 1 is 1.29 bits per heavy atom. The van der Waals surface area contributed by atoms with E-state index in [9.17, 15) is 0 Å². The molecule has 0 fully saturated rings. The summed E-state index contributed by atoms with van der Waals surface area (Å²) in [5, 5.41) is 6.49. The van der Waals surface area contributed by atoms with Crippen LogP contribution in [0.4, 0.5) is 0 Å². The van der Waals surface area contributed by atoms with Crippen molar-refractivity contribution in [2.45, 2.75) is 20.3 Å². The second-order valence-electron chi connectivity index (χ2n) is 3.90. The molecular weight excluding hydrogens is 216 g/mol. The van der Waals surface area contributed by atoms with Crippen LogP contribution in [0.1, 0.15) is 25.8 Å². The van der Waals surface area contributed by atoms with Crippen LogP contribution in [0.25, 0.3) is 0 Å². The number of ether oxygens (including phenoxy) is 2. The Hall–Kier alpha value is -1.71. The van der Waals surface area contributed by atoms with E-state index in [1.54, 1.807) is 0 Å². The lowest BCUT2D eigenvalue weighted by Crippen LogP contribution is -2.17. The Morgan fingerprint density at radius 3 is 2.88 bits per heavy atom. The average molecular weight is 234 g/mol. The molecule has 2 rings (SSSR count). The third-order valence-corrected chi connectivity index (χ3v) is 2.61. The minimum Gasteiger partial charge on any atom is -0.454 e. The maximum Gasteiger partial charge on any atom is 0.231 e. The molecule has 0 aromatic heterocycles. The van der Waals surface area contributed by atoms with E-state index in [1.165, 1.54) is 0 Å². The fourth-order valence-electron chi connectivity index (χ4n) is 1.70. The number of hydrogen-bond donors (Lipinski definition) is 0. The SMILES string of the molecule is CCCN(CC)N=Cc1ccc2c(c1)OCO2. The van der Waals surface area contributed by atoms with Crippen molar-refractivity contribution in [3.05, 3.63) is 23.8 Å². The number of benzene rings is 1. The van der Waals surface area contributed by atoms with Crippen molar-refractivity contribution in [3.63, 3.8) is 0 Å². The van der Waals surface area contributed by atoms with Gasteiger partial charge in [0.2, 0.25) is 6.79 Å². The molecule has 1 heterocycles. The minimum atomic E-state index is 0.312. The minimum absolute atomic E-state index is 0.312. The number of rotatable bonds is 5. The summed E-state index contributed by atoms with van der Waals surface area (Å²) >= 11 is 0. The van der Waals surface area contributed by atoms with E-state index in [0.29, 0.717) is 6.79 Å². The van der Waals surface area contributed by atoms with Crippen LogP contribution in [0.3, 0.4) is 0 Å². The normalized spacial score (nSPS) is 13.3. The number of nitrogens with zero attached hydrogens (tertiary/aromatic N) is 2. The summed E-state index contributed by atoms with van der Waals surface area (Å²) in [5.41, 5.74) is 1.03. The molecule has 92 valence electrons. The van der Waals surface area contributed by atoms with Crippen LogP contribution in [-0.2, 0) is 0 Å². The van der Waals surface area contributed by atoms with Gasteiger partial charge in [-0.3, -0.25) is 5.01 Å². The maximum absolute atomic E-state index is 5.32. The van der Waals surface area contributed by atoms with Gasteiger partial charge in [0.05, 0.1) is 6.21 Å². The molecule has 0 radical (unpaired) electrons. The summed E-state index contributed by atoms with van der Waals surface area (Å²) in [6.07, 6.45) is 2.97. The van der Waals surface area contributed by atoms with Gasteiger partial charge in [0.25, 0.3) is 0 Å². The zero-order chi connectivity index (χ0) is 12.1. The lowest BCUT2D eigenvalue weighted by atomic mass is 10.2. The van der Waals surface area contributed by atoms with E-state index in [4.69, 9.17) is 9.47 Å². The molecule has 4 nitrogen and oxygen atoms in total. The standard InChI is InChI=1S/C13H18N2O2/c1-3-7-15(4-2)14-9-11-5-6-12-13(8-11)17-10-16-12/h5-6,8-9H,3-4,7,10H2,1-2H3. The van der Waals surface area contributed by atoms with Gasteiger partial charge >= 0.3 is 0 Å². The van der Waals surface area contributed by atoms with E-state index >= 15 is 0 Å². The van der Waals surface area contributed by atoms with Crippen LogP contribution < -0.4 is 9.47 Å². The molecule has 17 heavy (non-hydrogen) atoms. The first-order valence-corrected chi connectivity index (χ1v) is 6.02. The molecule has 0 saturated heterocycles. The van der Waals surface area contributed by atoms with Gasteiger partial charge in [-0.05, 0) is 37.1 Å². The Bertz CT molecular complexity index is 404. The molecule has 0 bridgehead atoms. The van der Waals surface area contributed by atoms with E-state index in [2.05, 4.69) is 18.9 Å². The second-order valence-corrected chi connectivity index (χ2v) is 3.90.